The van der Waals surface area contributed by atoms with E-state index in [0.29, 0.717) is 18.7 Å². The van der Waals surface area contributed by atoms with Crippen molar-refractivity contribution in [2.45, 2.75) is 51.1 Å². The number of rotatable bonds is 8. The molecule has 0 saturated carbocycles. The summed E-state index contributed by atoms with van der Waals surface area (Å²) >= 11 is 0. The molecule has 2 aromatic carbocycles. The number of benzene rings is 2. The number of fused-ring (bicyclic) bond motifs is 1. The van der Waals surface area contributed by atoms with Crippen molar-refractivity contribution in [3.8, 4) is 5.75 Å². The van der Waals surface area contributed by atoms with Gasteiger partial charge in [0.2, 0.25) is 0 Å². The Morgan fingerprint density at radius 2 is 1.85 bits per heavy atom. The number of piperidine rings is 2. The van der Waals surface area contributed by atoms with E-state index < -0.39 is 0 Å². The fourth-order valence-electron chi connectivity index (χ4n) is 6.28. The van der Waals surface area contributed by atoms with Gasteiger partial charge in [-0.25, -0.2) is 4.79 Å². The van der Waals surface area contributed by atoms with Crippen LogP contribution in [0.1, 0.15) is 53.6 Å². The Balaban J connectivity index is 1.08. The number of urea groups is 1. The smallest absolute Gasteiger partial charge is 0.322 e. The van der Waals surface area contributed by atoms with E-state index in [1.54, 1.807) is 7.11 Å². The van der Waals surface area contributed by atoms with Crippen molar-refractivity contribution in [3.63, 3.8) is 0 Å². The van der Waals surface area contributed by atoms with Crippen molar-refractivity contribution in [2.24, 2.45) is 0 Å². The minimum Gasteiger partial charge on any atom is -0.497 e. The third kappa shape index (κ3) is 6.73. The maximum absolute atomic E-state index is 13.0. The van der Waals surface area contributed by atoms with Gasteiger partial charge in [0.1, 0.15) is 13.6 Å². The van der Waals surface area contributed by atoms with Gasteiger partial charge in [-0.1, -0.05) is 17.9 Å². The van der Waals surface area contributed by atoms with E-state index in [-0.39, 0.29) is 18.0 Å². The van der Waals surface area contributed by atoms with Crippen LogP contribution in [0, 0.1) is 0 Å². The molecule has 214 valence electrons. The average molecular weight is 547 g/mol. The molecule has 5 rings (SSSR count). The maximum atomic E-state index is 13.0. The van der Waals surface area contributed by atoms with Crippen LogP contribution in [0.3, 0.4) is 0 Å². The van der Waals surface area contributed by atoms with Gasteiger partial charge in [-0.05, 0) is 80.6 Å². The minimum absolute atomic E-state index is 0.0203. The first-order valence-electron chi connectivity index (χ1n) is 14.8. The van der Waals surface area contributed by atoms with Crippen LogP contribution in [0.15, 0.2) is 30.3 Å². The van der Waals surface area contributed by atoms with E-state index in [1.807, 2.05) is 43.1 Å². The van der Waals surface area contributed by atoms with Gasteiger partial charge in [-0.2, -0.15) is 0 Å². The summed E-state index contributed by atoms with van der Waals surface area (Å²) in [5.41, 5.74) is 11.9. The number of hydrogen-bond donors (Lipinski definition) is 3. The van der Waals surface area contributed by atoms with Crippen molar-refractivity contribution in [2.75, 3.05) is 64.0 Å². The summed E-state index contributed by atoms with van der Waals surface area (Å²) in [6.45, 7) is 6.90. The molecule has 3 aliphatic heterocycles. The lowest BCUT2D eigenvalue weighted by Gasteiger charge is -2.38. The van der Waals surface area contributed by atoms with Gasteiger partial charge in [-0.3, -0.25) is 9.69 Å². The second-order valence-corrected chi connectivity index (χ2v) is 11.4. The largest absolute Gasteiger partial charge is 0.497 e. The van der Waals surface area contributed by atoms with Crippen LogP contribution in [0.25, 0.3) is 0 Å². The summed E-state index contributed by atoms with van der Waals surface area (Å²) in [6, 6.07) is 9.89. The number of nitrogens with two attached hydrogens (primary N) is 1. The van der Waals surface area contributed by atoms with Crippen LogP contribution in [0.5, 0.6) is 5.75 Å². The van der Waals surface area contributed by atoms with Crippen molar-refractivity contribution in [1.29, 1.82) is 0 Å². The molecule has 0 atom stereocenters. The normalized spacial score (nSPS) is 19.0. The number of carbonyl (C=O) groups is 2. The highest BCUT2D eigenvalue weighted by Gasteiger charge is 2.30. The van der Waals surface area contributed by atoms with Crippen LogP contribution in [-0.2, 0) is 13.0 Å². The standard InChI is InChI=1S/C30H43BN6O3/c1-40-25-5-6-27-21(18-25)7-15-37(30(39)34-27)24-8-13-35(14-9-24)16-10-33-29(38)22-17-23(28(32)26(31)19-22)20-36-11-3-2-4-12-36/h5-6,17-19,24H,2-4,7-16,20,31-32H2,1H3,(H,33,38)(H,34,39). The topological polar surface area (TPSA) is 103 Å². The molecule has 0 aromatic heterocycles. The molecule has 2 saturated heterocycles. The fourth-order valence-corrected chi connectivity index (χ4v) is 6.28. The Hall–Kier alpha value is -3.24. The second-order valence-electron chi connectivity index (χ2n) is 11.4. The molecule has 40 heavy (non-hydrogen) atoms. The molecule has 9 nitrogen and oxygen atoms in total. The lowest BCUT2D eigenvalue weighted by molar-refractivity contribution is 0.0937. The molecule has 10 heteroatoms. The molecular formula is C30H43BN6O3. The number of amides is 3. The summed E-state index contributed by atoms with van der Waals surface area (Å²) in [4.78, 5) is 32.8. The summed E-state index contributed by atoms with van der Waals surface area (Å²) < 4.78 is 5.35. The van der Waals surface area contributed by atoms with E-state index in [2.05, 4.69) is 20.4 Å². The van der Waals surface area contributed by atoms with Gasteiger partial charge in [0.05, 0.1) is 7.11 Å². The summed E-state index contributed by atoms with van der Waals surface area (Å²) in [7, 11) is 3.64. The molecule has 3 heterocycles. The predicted octanol–water partition coefficient (Wildman–Crippen LogP) is 1.81. The lowest BCUT2D eigenvalue weighted by atomic mass is 9.89. The number of carbonyl (C=O) groups excluding carboxylic acids is 2. The van der Waals surface area contributed by atoms with Crippen LogP contribution >= 0.6 is 0 Å². The molecule has 3 amide bonds. The van der Waals surface area contributed by atoms with Gasteiger partial charge >= 0.3 is 6.03 Å². The number of nitrogens with zero attached hydrogens (tertiary/aromatic N) is 3. The number of hydrogen-bond acceptors (Lipinski definition) is 6. The van der Waals surface area contributed by atoms with Crippen molar-refractivity contribution in [3.05, 3.63) is 47.0 Å². The van der Waals surface area contributed by atoms with Gasteiger partial charge in [0.15, 0.2) is 0 Å². The molecule has 2 fully saturated rings. The van der Waals surface area contributed by atoms with E-state index in [0.717, 1.165) is 92.2 Å². The molecule has 0 spiro atoms. The van der Waals surface area contributed by atoms with Crippen molar-refractivity contribution >= 4 is 36.6 Å². The fraction of sp³-hybridized carbons (Fsp3) is 0.533. The van der Waals surface area contributed by atoms with Gasteiger partial charge in [-0.15, -0.1) is 0 Å². The molecule has 3 aliphatic rings. The first-order chi connectivity index (χ1) is 19.4. The lowest BCUT2D eigenvalue weighted by Crippen LogP contribution is -2.49. The average Bonchev–Trinajstić information content (AvgIpc) is 3.13. The zero-order chi connectivity index (χ0) is 28.1. The van der Waals surface area contributed by atoms with E-state index in [4.69, 9.17) is 10.5 Å². The summed E-state index contributed by atoms with van der Waals surface area (Å²) in [5, 5.41) is 6.20. The first-order valence-corrected chi connectivity index (χ1v) is 14.8. The zero-order valence-corrected chi connectivity index (χ0v) is 24.0. The van der Waals surface area contributed by atoms with E-state index in [9.17, 15) is 9.59 Å². The van der Waals surface area contributed by atoms with Gasteiger partial charge < -0.3 is 30.9 Å². The van der Waals surface area contributed by atoms with Crippen LogP contribution < -0.4 is 26.6 Å². The number of methoxy groups -OCH3 is 1. The number of anilines is 2. The summed E-state index contributed by atoms with van der Waals surface area (Å²) in [6.07, 6.45) is 6.42. The van der Waals surface area contributed by atoms with E-state index in [1.165, 1.54) is 19.3 Å². The van der Waals surface area contributed by atoms with E-state index >= 15 is 0 Å². The molecule has 0 radical (unpaired) electrons. The quantitative estimate of drug-likeness (QED) is 0.345. The Morgan fingerprint density at radius 3 is 2.60 bits per heavy atom. The molecular weight excluding hydrogens is 503 g/mol. The van der Waals surface area contributed by atoms with Gasteiger partial charge in [0.25, 0.3) is 5.91 Å². The molecule has 0 bridgehead atoms. The summed E-state index contributed by atoms with van der Waals surface area (Å²) in [5.74, 6) is 0.765. The first kappa shape index (κ1) is 28.3. The Kier molecular flexibility index (Phi) is 9.16. The number of ether oxygens (including phenoxy) is 1. The predicted molar refractivity (Wildman–Crippen MR) is 162 cm³/mol. The molecule has 0 aliphatic carbocycles. The third-order valence-corrected chi connectivity index (χ3v) is 8.73. The Morgan fingerprint density at radius 1 is 1.07 bits per heavy atom. The van der Waals surface area contributed by atoms with Crippen LogP contribution in [0.4, 0.5) is 16.2 Å². The SMILES string of the molecule is Bc1cc(C(=O)NCCN2CCC(N3CCc4cc(OC)ccc4NC3=O)CC2)cc(CN2CCCCC2)c1N. The van der Waals surface area contributed by atoms with Crippen LogP contribution in [-0.4, -0.2) is 93.4 Å². The van der Waals surface area contributed by atoms with Crippen LogP contribution in [0.2, 0.25) is 0 Å². The molecule has 0 unspecified atom stereocenters. The monoisotopic (exact) mass is 546 g/mol. The third-order valence-electron chi connectivity index (χ3n) is 8.73. The van der Waals surface area contributed by atoms with Crippen molar-refractivity contribution in [1.82, 2.24) is 20.0 Å². The second kappa shape index (κ2) is 13.0. The maximum Gasteiger partial charge on any atom is 0.322 e. The zero-order valence-electron chi connectivity index (χ0n) is 24.0. The van der Waals surface area contributed by atoms with Crippen molar-refractivity contribution < 1.29 is 14.3 Å². The highest BCUT2D eigenvalue weighted by Crippen LogP contribution is 2.27. The minimum atomic E-state index is -0.0460. The molecule has 2 aromatic rings. The Labute approximate surface area is 238 Å². The highest BCUT2D eigenvalue weighted by molar-refractivity contribution is 6.36. The highest BCUT2D eigenvalue weighted by atomic mass is 16.5. The number of nitrogen functional groups attached to an aromatic ring is 1. The number of nitrogens with one attached hydrogen (secondary N) is 2. The van der Waals surface area contributed by atoms with Gasteiger partial charge in [0, 0.05) is 62.2 Å². The molecule has 4 N–H and O–H groups in total. The number of likely N-dealkylation sites (tertiary alicyclic amines) is 2. The Bertz CT molecular complexity index is 1210.